The van der Waals surface area contributed by atoms with Crippen molar-refractivity contribution in [2.24, 2.45) is 0 Å². The lowest BCUT2D eigenvalue weighted by molar-refractivity contribution is 0.859. The molecule has 2 rings (SSSR count). The quantitative estimate of drug-likeness (QED) is 0.824. The van der Waals surface area contributed by atoms with E-state index in [1.165, 1.54) is 6.33 Å². The normalized spacial score (nSPS) is 12.3. The first kappa shape index (κ1) is 9.85. The van der Waals surface area contributed by atoms with Crippen LogP contribution in [0, 0.1) is 0 Å². The van der Waals surface area contributed by atoms with Gasteiger partial charge in [-0.25, -0.2) is 15.0 Å². The highest BCUT2D eigenvalue weighted by atomic mass is 32.1. The molecule has 0 spiro atoms. The van der Waals surface area contributed by atoms with Crippen molar-refractivity contribution in [3.8, 4) is 0 Å². The molecule has 1 atom stereocenters. The fourth-order valence-corrected chi connectivity index (χ4v) is 1.83. The third kappa shape index (κ3) is 2.41. The molecule has 78 valence electrons. The second-order valence-electron chi connectivity index (χ2n) is 3.06. The summed E-state index contributed by atoms with van der Waals surface area (Å²) in [4.78, 5) is 12.1. The number of hydrogen-bond acceptors (Lipinski definition) is 6. The first-order valence-electron chi connectivity index (χ1n) is 4.49. The van der Waals surface area contributed by atoms with Gasteiger partial charge >= 0.3 is 0 Å². The number of aromatic nitrogens is 3. The summed E-state index contributed by atoms with van der Waals surface area (Å²) >= 11 is 1.61. The van der Waals surface area contributed by atoms with E-state index in [1.807, 2.05) is 12.3 Å². The van der Waals surface area contributed by atoms with Crippen LogP contribution < -0.4 is 11.1 Å². The molecular weight excluding hydrogens is 210 g/mol. The lowest BCUT2D eigenvalue weighted by Crippen LogP contribution is -2.08. The van der Waals surface area contributed by atoms with Crippen LogP contribution in [-0.2, 0) is 0 Å². The van der Waals surface area contributed by atoms with Gasteiger partial charge in [0.2, 0.25) is 0 Å². The maximum absolute atomic E-state index is 5.55. The Morgan fingerprint density at radius 1 is 1.40 bits per heavy atom. The summed E-state index contributed by atoms with van der Waals surface area (Å²) in [6.07, 6.45) is 3.22. The summed E-state index contributed by atoms with van der Waals surface area (Å²) in [5.41, 5.74) is 5.55. The Hall–Kier alpha value is -1.69. The maximum Gasteiger partial charge on any atom is 0.132 e. The van der Waals surface area contributed by atoms with Crippen LogP contribution in [0.5, 0.6) is 0 Å². The molecule has 1 unspecified atom stereocenters. The molecule has 0 aliphatic heterocycles. The van der Waals surface area contributed by atoms with Crippen molar-refractivity contribution in [1.29, 1.82) is 0 Å². The predicted molar refractivity (Wildman–Crippen MR) is 60.6 cm³/mol. The number of rotatable bonds is 3. The fourth-order valence-electron chi connectivity index (χ4n) is 1.18. The number of nitrogens with one attached hydrogen (secondary N) is 1. The molecule has 3 N–H and O–H groups in total. The predicted octanol–water partition coefficient (Wildman–Crippen LogP) is 1.69. The van der Waals surface area contributed by atoms with E-state index in [9.17, 15) is 0 Å². The van der Waals surface area contributed by atoms with Gasteiger partial charge in [-0.1, -0.05) is 0 Å². The lowest BCUT2D eigenvalue weighted by atomic mass is 10.3. The minimum atomic E-state index is 0.124. The molecule has 0 bridgehead atoms. The van der Waals surface area contributed by atoms with Gasteiger partial charge in [-0.15, -0.1) is 11.3 Å². The van der Waals surface area contributed by atoms with Crippen LogP contribution in [-0.4, -0.2) is 15.0 Å². The van der Waals surface area contributed by atoms with Crippen molar-refractivity contribution in [1.82, 2.24) is 15.0 Å². The molecule has 0 amide bonds. The zero-order valence-corrected chi connectivity index (χ0v) is 9.03. The third-order valence-electron chi connectivity index (χ3n) is 1.87. The number of hydrogen-bond donors (Lipinski definition) is 2. The van der Waals surface area contributed by atoms with Gasteiger partial charge in [0.1, 0.15) is 23.0 Å². The Morgan fingerprint density at radius 2 is 2.27 bits per heavy atom. The molecule has 2 heterocycles. The highest BCUT2D eigenvalue weighted by Gasteiger charge is 2.08. The second-order valence-corrected chi connectivity index (χ2v) is 3.99. The Labute approximate surface area is 91.4 Å². The molecule has 0 aliphatic carbocycles. The molecule has 2 aromatic heterocycles. The van der Waals surface area contributed by atoms with Gasteiger partial charge < -0.3 is 11.1 Å². The van der Waals surface area contributed by atoms with Crippen LogP contribution in [0.3, 0.4) is 0 Å². The highest BCUT2D eigenvalue weighted by molar-refractivity contribution is 7.09. The minimum absolute atomic E-state index is 0.124. The zero-order chi connectivity index (χ0) is 10.7. The molecule has 0 radical (unpaired) electrons. The fraction of sp³-hybridized carbons (Fsp3) is 0.222. The largest absolute Gasteiger partial charge is 0.384 e. The topological polar surface area (TPSA) is 76.7 Å². The highest BCUT2D eigenvalue weighted by Crippen LogP contribution is 2.19. The summed E-state index contributed by atoms with van der Waals surface area (Å²) < 4.78 is 0. The molecule has 0 fully saturated rings. The van der Waals surface area contributed by atoms with Gasteiger partial charge in [-0.05, 0) is 6.92 Å². The van der Waals surface area contributed by atoms with Gasteiger partial charge in [-0.3, -0.25) is 0 Å². The molecule has 2 aromatic rings. The van der Waals surface area contributed by atoms with Crippen molar-refractivity contribution in [2.75, 3.05) is 11.1 Å². The standard InChI is InChI=1S/C9H11N5S/c1-6(9-11-2-3-15-9)14-8-4-7(10)12-5-13-8/h2-6H,1H3,(H3,10,12,13,14). The average Bonchev–Trinajstić information content (AvgIpc) is 2.70. The average molecular weight is 221 g/mol. The van der Waals surface area contributed by atoms with Crippen LogP contribution in [0.1, 0.15) is 18.0 Å². The van der Waals surface area contributed by atoms with Gasteiger partial charge in [0, 0.05) is 17.6 Å². The minimum Gasteiger partial charge on any atom is -0.384 e. The van der Waals surface area contributed by atoms with Crippen LogP contribution in [0.2, 0.25) is 0 Å². The number of anilines is 2. The first-order chi connectivity index (χ1) is 7.25. The smallest absolute Gasteiger partial charge is 0.132 e. The zero-order valence-electron chi connectivity index (χ0n) is 8.21. The molecule has 6 heteroatoms. The van der Waals surface area contributed by atoms with Crippen molar-refractivity contribution in [3.05, 3.63) is 29.0 Å². The summed E-state index contributed by atoms with van der Waals surface area (Å²) in [5, 5.41) is 6.17. The molecular formula is C9H11N5S. The van der Waals surface area contributed by atoms with Gasteiger partial charge in [0.15, 0.2) is 0 Å². The van der Waals surface area contributed by atoms with Gasteiger partial charge in [0.25, 0.3) is 0 Å². The Balaban J connectivity index is 2.09. The Kier molecular flexibility index (Phi) is 2.77. The van der Waals surface area contributed by atoms with Gasteiger partial charge in [0.05, 0.1) is 6.04 Å². The van der Waals surface area contributed by atoms with E-state index >= 15 is 0 Å². The van der Waals surface area contributed by atoms with Crippen LogP contribution in [0.25, 0.3) is 0 Å². The third-order valence-corrected chi connectivity index (χ3v) is 2.83. The van der Waals surface area contributed by atoms with Crippen molar-refractivity contribution in [2.45, 2.75) is 13.0 Å². The molecule has 0 aliphatic rings. The van der Waals surface area contributed by atoms with Crippen LogP contribution >= 0.6 is 11.3 Å². The van der Waals surface area contributed by atoms with E-state index in [0.29, 0.717) is 11.6 Å². The lowest BCUT2D eigenvalue weighted by Gasteiger charge is -2.11. The molecule has 0 saturated heterocycles. The van der Waals surface area contributed by atoms with E-state index in [1.54, 1.807) is 23.6 Å². The monoisotopic (exact) mass is 221 g/mol. The number of nitrogens with two attached hydrogens (primary N) is 1. The SMILES string of the molecule is CC(Nc1cc(N)ncn1)c1nccs1. The van der Waals surface area contributed by atoms with E-state index < -0.39 is 0 Å². The summed E-state index contributed by atoms with van der Waals surface area (Å²) in [7, 11) is 0. The van der Waals surface area contributed by atoms with Crippen molar-refractivity contribution in [3.63, 3.8) is 0 Å². The summed E-state index contributed by atoms with van der Waals surface area (Å²) in [6, 6.07) is 1.82. The number of nitrogen functional groups attached to an aromatic ring is 1. The summed E-state index contributed by atoms with van der Waals surface area (Å²) in [5.74, 6) is 1.17. The number of nitrogens with zero attached hydrogens (tertiary/aromatic N) is 3. The summed E-state index contributed by atoms with van der Waals surface area (Å²) in [6.45, 7) is 2.02. The molecule has 0 saturated carbocycles. The van der Waals surface area contributed by atoms with E-state index in [0.717, 1.165) is 5.01 Å². The Morgan fingerprint density at radius 3 is 2.93 bits per heavy atom. The van der Waals surface area contributed by atoms with Crippen LogP contribution in [0.4, 0.5) is 11.6 Å². The molecule has 15 heavy (non-hydrogen) atoms. The van der Waals surface area contributed by atoms with Crippen molar-refractivity contribution >= 4 is 23.0 Å². The van der Waals surface area contributed by atoms with Crippen LogP contribution in [0.15, 0.2) is 24.0 Å². The first-order valence-corrected chi connectivity index (χ1v) is 5.37. The van der Waals surface area contributed by atoms with Crippen molar-refractivity contribution < 1.29 is 0 Å². The van der Waals surface area contributed by atoms with E-state index in [4.69, 9.17) is 5.73 Å². The molecule has 0 aromatic carbocycles. The van der Waals surface area contributed by atoms with Gasteiger partial charge in [-0.2, -0.15) is 0 Å². The second kappa shape index (κ2) is 4.22. The Bertz CT molecular complexity index is 428. The maximum atomic E-state index is 5.55. The van der Waals surface area contributed by atoms with E-state index in [2.05, 4.69) is 20.3 Å². The van der Waals surface area contributed by atoms with E-state index in [-0.39, 0.29) is 6.04 Å². The molecule has 5 nitrogen and oxygen atoms in total. The number of thiazole rings is 1.